The Morgan fingerprint density at radius 2 is 0.768 bits per heavy atom. The first-order chi connectivity index (χ1) is 34.1. The number of rotatable bonds is 7. The van der Waals surface area contributed by atoms with Crippen LogP contribution in [0.25, 0.3) is 61.3 Å². The van der Waals surface area contributed by atoms with Gasteiger partial charge in [-0.25, -0.2) is 0 Å². The number of aliphatic imine (C=N–C) groups is 1. The molecule has 1 heteroatoms. The molecule has 0 saturated heterocycles. The van der Waals surface area contributed by atoms with Gasteiger partial charge in [0, 0.05) is 0 Å². The van der Waals surface area contributed by atoms with E-state index in [0.29, 0.717) is 0 Å². The number of allylic oxidation sites excluding steroid dienone is 1. The first-order valence-corrected chi connectivity index (χ1v) is 24.1. The Bertz CT molecular complexity index is 3240. The van der Waals surface area contributed by atoms with Crippen LogP contribution in [0.15, 0.2) is 272 Å². The van der Waals surface area contributed by atoms with Gasteiger partial charge in [-0.2, -0.15) is 0 Å². The predicted molar refractivity (Wildman–Crippen MR) is 296 cm³/mol. The number of nitrogens with zero attached hydrogens (tertiary/aromatic N) is 1. The number of hydrogen-bond donors (Lipinski definition) is 0. The van der Waals surface area contributed by atoms with Crippen LogP contribution >= 0.6 is 0 Å². The lowest BCUT2D eigenvalue weighted by Crippen LogP contribution is -2.25. The molecule has 1 spiro atoms. The predicted octanol–water partition coefficient (Wildman–Crippen LogP) is 18.0. The summed E-state index contributed by atoms with van der Waals surface area (Å²) in [5.74, 6) is 0. The summed E-state index contributed by atoms with van der Waals surface area (Å²) in [6.07, 6.45) is 2.94. The van der Waals surface area contributed by atoms with E-state index in [1.807, 2.05) is 74.5 Å². The summed E-state index contributed by atoms with van der Waals surface area (Å²) in [4.78, 5) is 4.40. The Morgan fingerprint density at radius 3 is 1.28 bits per heavy atom. The van der Waals surface area contributed by atoms with Crippen molar-refractivity contribution in [3.8, 4) is 55.6 Å². The SMILES string of the molecule is C=N/C(=C\Cc1cccc(-c2cccc(-c3ccc4c(c3)C3(c5ccccc5-c5ccccc53)c3ccccc3-4)c2)c1)c1ccc(-c2ccccc2)cc1.CC.Cc1ccccc1.c1ccccc1. The zero-order valence-corrected chi connectivity index (χ0v) is 39.8. The maximum absolute atomic E-state index is 4.40. The average molecular weight is 888 g/mol. The van der Waals surface area contributed by atoms with Crippen molar-refractivity contribution in [2.45, 2.75) is 32.6 Å². The third-order valence-corrected chi connectivity index (χ3v) is 13.0. The van der Waals surface area contributed by atoms with Crippen molar-refractivity contribution in [3.05, 3.63) is 306 Å². The van der Waals surface area contributed by atoms with Gasteiger partial charge in [-0.05, 0) is 121 Å². The maximum atomic E-state index is 4.40. The first-order valence-electron chi connectivity index (χ1n) is 24.1. The molecule has 2 aliphatic rings. The van der Waals surface area contributed by atoms with Crippen molar-refractivity contribution in [1.29, 1.82) is 0 Å². The largest absolute Gasteiger partial charge is 0.264 e. The first kappa shape index (κ1) is 45.8. The normalized spacial score (nSPS) is 12.0. The van der Waals surface area contributed by atoms with E-state index in [9.17, 15) is 0 Å². The molecule has 0 unspecified atom stereocenters. The van der Waals surface area contributed by atoms with Gasteiger partial charge in [-0.1, -0.05) is 274 Å². The van der Waals surface area contributed by atoms with Gasteiger partial charge in [0.1, 0.15) is 0 Å². The second-order valence-electron chi connectivity index (χ2n) is 17.1. The van der Waals surface area contributed by atoms with E-state index in [1.54, 1.807) is 0 Å². The van der Waals surface area contributed by atoms with Crippen LogP contribution in [0.4, 0.5) is 0 Å². The molecule has 0 N–H and O–H groups in total. The van der Waals surface area contributed by atoms with Crippen LogP contribution in [-0.4, -0.2) is 6.72 Å². The van der Waals surface area contributed by atoms with Gasteiger partial charge < -0.3 is 0 Å². The van der Waals surface area contributed by atoms with Crippen LogP contribution in [0.3, 0.4) is 0 Å². The van der Waals surface area contributed by atoms with Crippen molar-refractivity contribution < 1.29 is 0 Å². The maximum Gasteiger partial charge on any atom is 0.0725 e. The molecule has 0 aromatic heterocycles. The molecule has 1 nitrogen and oxygen atoms in total. The van der Waals surface area contributed by atoms with Crippen LogP contribution < -0.4 is 0 Å². The fraction of sp³-hybridized carbons (Fsp3) is 0.0735. The van der Waals surface area contributed by atoms with Crippen molar-refractivity contribution in [1.82, 2.24) is 0 Å². The van der Waals surface area contributed by atoms with Crippen LogP contribution in [0.5, 0.6) is 0 Å². The summed E-state index contributed by atoms with van der Waals surface area (Å²) in [5.41, 5.74) is 22.2. The number of fused-ring (bicyclic) bond motifs is 10. The van der Waals surface area contributed by atoms with Gasteiger partial charge >= 0.3 is 0 Å². The summed E-state index contributed by atoms with van der Waals surface area (Å²) >= 11 is 0. The molecule has 0 amide bonds. The topological polar surface area (TPSA) is 12.4 Å². The van der Waals surface area contributed by atoms with Crippen molar-refractivity contribution in [2.75, 3.05) is 0 Å². The standard InChI is InChI=1S/C53H37N.C7H8.C6H6.C2H6/c1-54-52(39-28-26-38(27-29-39)37-14-3-2-4-15-37)32-25-36-13-11-16-40(33-36)41-17-12-18-42(34-41)43-30-31-47-46-21-7-10-24-50(46)53(51(47)35-43)48-22-8-5-19-44(48)45-20-6-9-23-49(45)53;1-7-5-3-2-4-6-7;1-2-4-6-5-3-1;1-2/h2-24,26-35H,1,25H2;2-6H,1H3;1-6H;1-2H3/b52-32-;;;. The van der Waals surface area contributed by atoms with E-state index in [4.69, 9.17) is 0 Å². The Kier molecular flexibility index (Phi) is 14.3. The van der Waals surface area contributed by atoms with E-state index >= 15 is 0 Å². The van der Waals surface area contributed by atoms with Crippen LogP contribution in [0.1, 0.15) is 52.8 Å². The van der Waals surface area contributed by atoms with Gasteiger partial charge in [0.25, 0.3) is 0 Å². The summed E-state index contributed by atoms with van der Waals surface area (Å²) in [5, 5.41) is 0. The average Bonchev–Trinajstić information content (AvgIpc) is 3.90. The minimum atomic E-state index is -0.350. The van der Waals surface area contributed by atoms with Crippen molar-refractivity contribution in [3.63, 3.8) is 0 Å². The quantitative estimate of drug-likeness (QED) is 0.141. The highest BCUT2D eigenvalue weighted by Gasteiger charge is 2.51. The molecule has 0 fully saturated rings. The molecule has 0 atom stereocenters. The molecule has 0 saturated carbocycles. The van der Waals surface area contributed by atoms with E-state index in [1.165, 1.54) is 89.0 Å². The molecular formula is C68H57N. The molecule has 0 radical (unpaired) electrons. The molecule has 334 valence electrons. The van der Waals surface area contributed by atoms with E-state index in [0.717, 1.165) is 17.7 Å². The van der Waals surface area contributed by atoms with E-state index in [2.05, 4.69) is 225 Å². The molecule has 10 aromatic carbocycles. The van der Waals surface area contributed by atoms with Gasteiger partial charge in [0.05, 0.1) is 11.1 Å². The van der Waals surface area contributed by atoms with E-state index < -0.39 is 0 Å². The fourth-order valence-electron chi connectivity index (χ4n) is 9.90. The van der Waals surface area contributed by atoms with Crippen LogP contribution in [0.2, 0.25) is 0 Å². The van der Waals surface area contributed by atoms with Crippen molar-refractivity contribution in [2.24, 2.45) is 4.99 Å². The van der Waals surface area contributed by atoms with Crippen LogP contribution in [-0.2, 0) is 11.8 Å². The molecule has 12 rings (SSSR count). The second-order valence-corrected chi connectivity index (χ2v) is 17.1. The minimum Gasteiger partial charge on any atom is -0.264 e. The second kappa shape index (κ2) is 21.5. The van der Waals surface area contributed by atoms with E-state index in [-0.39, 0.29) is 5.41 Å². The lowest BCUT2D eigenvalue weighted by molar-refractivity contribution is 0.794. The smallest absolute Gasteiger partial charge is 0.0725 e. The highest BCUT2D eigenvalue weighted by Crippen LogP contribution is 2.63. The molecular weight excluding hydrogens is 831 g/mol. The Labute approximate surface area is 409 Å². The Morgan fingerprint density at radius 1 is 0.377 bits per heavy atom. The highest BCUT2D eigenvalue weighted by atomic mass is 14.7. The van der Waals surface area contributed by atoms with Gasteiger partial charge in [-0.3, -0.25) is 4.99 Å². The zero-order chi connectivity index (χ0) is 47.4. The Hall–Kier alpha value is -8.39. The summed E-state index contributed by atoms with van der Waals surface area (Å²) in [6.45, 7) is 9.98. The molecule has 69 heavy (non-hydrogen) atoms. The summed E-state index contributed by atoms with van der Waals surface area (Å²) < 4.78 is 0. The number of aryl methyl sites for hydroxylation is 1. The third kappa shape index (κ3) is 9.46. The van der Waals surface area contributed by atoms with Crippen molar-refractivity contribution >= 4 is 12.4 Å². The monoisotopic (exact) mass is 887 g/mol. The summed E-state index contributed by atoms with van der Waals surface area (Å²) in [7, 11) is 0. The zero-order valence-electron chi connectivity index (χ0n) is 39.8. The van der Waals surface area contributed by atoms with Gasteiger partial charge in [0.15, 0.2) is 0 Å². The van der Waals surface area contributed by atoms with Crippen LogP contribution in [0, 0.1) is 6.92 Å². The molecule has 10 aromatic rings. The Balaban J connectivity index is 0.000000341. The minimum absolute atomic E-state index is 0.350. The third-order valence-electron chi connectivity index (χ3n) is 13.0. The molecule has 0 bridgehead atoms. The van der Waals surface area contributed by atoms with Gasteiger partial charge in [0.2, 0.25) is 0 Å². The fourth-order valence-corrected chi connectivity index (χ4v) is 9.90. The molecule has 2 aliphatic carbocycles. The number of benzene rings is 10. The van der Waals surface area contributed by atoms with Gasteiger partial charge in [-0.15, -0.1) is 0 Å². The lowest BCUT2D eigenvalue weighted by Gasteiger charge is -2.30. The molecule has 0 heterocycles. The summed E-state index contributed by atoms with van der Waals surface area (Å²) in [6, 6.07) is 93.3. The highest BCUT2D eigenvalue weighted by molar-refractivity contribution is 5.96. The number of hydrogen-bond acceptors (Lipinski definition) is 1. The lowest BCUT2D eigenvalue weighted by atomic mass is 9.70. The molecule has 0 aliphatic heterocycles.